The zero-order valence-electron chi connectivity index (χ0n) is 6.40. The number of aryl methyl sites for hydroxylation is 1. The third kappa shape index (κ3) is 1.12. The normalized spacial score (nSPS) is 10.9. The van der Waals surface area contributed by atoms with Crippen molar-refractivity contribution < 1.29 is 8.81 Å². The monoisotopic (exact) mass is 276 g/mol. The van der Waals surface area contributed by atoms with Gasteiger partial charge in [-0.25, -0.2) is 4.39 Å². The van der Waals surface area contributed by atoms with Crippen LogP contribution in [0.4, 0.5) is 4.39 Å². The predicted octanol–water partition coefficient (Wildman–Crippen LogP) is 3.48. The Hall–Kier alpha value is -0.580. The van der Waals surface area contributed by atoms with Crippen molar-refractivity contribution in [2.24, 2.45) is 0 Å². The Morgan fingerprint density at radius 1 is 1.42 bits per heavy atom. The van der Waals surface area contributed by atoms with Gasteiger partial charge in [-0.15, -0.1) is 0 Å². The molecular formula is C9H6FIO. The standard InChI is InChI=1S/C9H6FIO/c1-5-2-6-7(10)4-12-9(6)8(11)3-5/h2-4H,1H3. The Kier molecular flexibility index (Phi) is 1.83. The number of benzene rings is 1. The summed E-state index contributed by atoms with van der Waals surface area (Å²) in [6.07, 6.45) is 1.15. The second kappa shape index (κ2) is 2.73. The molecule has 0 saturated heterocycles. The first-order chi connectivity index (χ1) is 5.68. The molecule has 1 heterocycles. The van der Waals surface area contributed by atoms with Gasteiger partial charge in [0.2, 0.25) is 0 Å². The third-order valence-corrected chi connectivity index (χ3v) is 2.53. The highest BCUT2D eigenvalue weighted by atomic mass is 127. The molecule has 0 atom stereocenters. The van der Waals surface area contributed by atoms with Crippen LogP contribution in [0.5, 0.6) is 0 Å². The first-order valence-corrected chi connectivity index (χ1v) is 4.59. The van der Waals surface area contributed by atoms with E-state index in [1.54, 1.807) is 6.07 Å². The van der Waals surface area contributed by atoms with Crippen molar-refractivity contribution in [2.45, 2.75) is 6.92 Å². The van der Waals surface area contributed by atoms with Gasteiger partial charge in [0, 0.05) is 0 Å². The number of fused-ring (bicyclic) bond motifs is 1. The van der Waals surface area contributed by atoms with E-state index in [0.29, 0.717) is 11.0 Å². The molecule has 0 unspecified atom stereocenters. The van der Waals surface area contributed by atoms with E-state index in [2.05, 4.69) is 22.6 Å². The fourth-order valence-electron chi connectivity index (χ4n) is 1.20. The fourth-order valence-corrected chi connectivity index (χ4v) is 2.11. The van der Waals surface area contributed by atoms with Crippen molar-refractivity contribution in [3.63, 3.8) is 0 Å². The van der Waals surface area contributed by atoms with Crippen LogP contribution in [0.25, 0.3) is 11.0 Å². The van der Waals surface area contributed by atoms with Crippen molar-refractivity contribution in [3.05, 3.63) is 33.3 Å². The average Bonchev–Trinajstić information content (AvgIpc) is 2.33. The van der Waals surface area contributed by atoms with Gasteiger partial charge in [0.25, 0.3) is 0 Å². The summed E-state index contributed by atoms with van der Waals surface area (Å²) in [5.74, 6) is -0.286. The second-order valence-electron chi connectivity index (χ2n) is 2.71. The zero-order valence-corrected chi connectivity index (χ0v) is 8.55. The van der Waals surface area contributed by atoms with Crippen LogP contribution in [0.15, 0.2) is 22.8 Å². The van der Waals surface area contributed by atoms with Crippen LogP contribution < -0.4 is 0 Å². The van der Waals surface area contributed by atoms with Crippen LogP contribution in [0.3, 0.4) is 0 Å². The first-order valence-electron chi connectivity index (χ1n) is 3.51. The van der Waals surface area contributed by atoms with E-state index in [-0.39, 0.29) is 5.82 Å². The molecule has 0 aliphatic heterocycles. The van der Waals surface area contributed by atoms with Gasteiger partial charge >= 0.3 is 0 Å². The van der Waals surface area contributed by atoms with Crippen molar-refractivity contribution >= 4 is 33.6 Å². The molecule has 0 aliphatic carbocycles. The SMILES string of the molecule is Cc1cc(I)c2occ(F)c2c1. The molecule has 1 aromatic carbocycles. The lowest BCUT2D eigenvalue weighted by Gasteiger charge is -1.95. The van der Waals surface area contributed by atoms with Crippen LogP contribution in [0.2, 0.25) is 0 Å². The minimum atomic E-state index is -0.286. The van der Waals surface area contributed by atoms with Crippen LogP contribution in [-0.4, -0.2) is 0 Å². The van der Waals surface area contributed by atoms with Gasteiger partial charge in [-0.05, 0) is 47.2 Å². The molecule has 2 rings (SSSR count). The van der Waals surface area contributed by atoms with E-state index in [1.165, 1.54) is 0 Å². The maximum absolute atomic E-state index is 13.0. The molecule has 0 spiro atoms. The summed E-state index contributed by atoms with van der Waals surface area (Å²) in [4.78, 5) is 0. The molecule has 2 aromatic rings. The van der Waals surface area contributed by atoms with Gasteiger partial charge in [0.05, 0.1) is 8.96 Å². The van der Waals surface area contributed by atoms with Crippen LogP contribution in [-0.2, 0) is 0 Å². The van der Waals surface area contributed by atoms with E-state index in [9.17, 15) is 4.39 Å². The third-order valence-electron chi connectivity index (χ3n) is 1.73. The smallest absolute Gasteiger partial charge is 0.169 e. The van der Waals surface area contributed by atoms with Crippen LogP contribution in [0.1, 0.15) is 5.56 Å². The molecule has 0 bridgehead atoms. The van der Waals surface area contributed by atoms with Crippen LogP contribution in [0, 0.1) is 16.3 Å². The molecule has 0 amide bonds. The maximum atomic E-state index is 13.0. The minimum absolute atomic E-state index is 0.286. The quantitative estimate of drug-likeness (QED) is 0.671. The van der Waals surface area contributed by atoms with Crippen molar-refractivity contribution in [1.29, 1.82) is 0 Å². The second-order valence-corrected chi connectivity index (χ2v) is 3.87. The summed E-state index contributed by atoms with van der Waals surface area (Å²) < 4.78 is 19.0. The van der Waals surface area contributed by atoms with Gasteiger partial charge in [-0.3, -0.25) is 0 Å². The zero-order chi connectivity index (χ0) is 8.72. The van der Waals surface area contributed by atoms with Crippen molar-refractivity contribution in [3.8, 4) is 0 Å². The maximum Gasteiger partial charge on any atom is 0.169 e. The van der Waals surface area contributed by atoms with Crippen molar-refractivity contribution in [1.82, 2.24) is 0 Å². The highest BCUT2D eigenvalue weighted by Crippen LogP contribution is 2.25. The lowest BCUT2D eigenvalue weighted by molar-refractivity contribution is 0.557. The number of hydrogen-bond donors (Lipinski definition) is 0. The Balaban J connectivity index is 2.92. The Morgan fingerprint density at radius 2 is 2.17 bits per heavy atom. The minimum Gasteiger partial charge on any atom is -0.460 e. The Labute approximate surface area is 82.7 Å². The molecule has 62 valence electrons. The van der Waals surface area contributed by atoms with Gasteiger partial charge in [0.15, 0.2) is 5.82 Å². The first kappa shape index (κ1) is 8.04. The topological polar surface area (TPSA) is 13.1 Å². The van der Waals surface area contributed by atoms with Gasteiger partial charge < -0.3 is 4.42 Å². The average molecular weight is 276 g/mol. The van der Waals surface area contributed by atoms with E-state index < -0.39 is 0 Å². The Morgan fingerprint density at radius 3 is 2.92 bits per heavy atom. The summed E-state index contributed by atoms with van der Waals surface area (Å²) in [6, 6.07) is 3.75. The molecule has 0 aliphatic rings. The highest BCUT2D eigenvalue weighted by molar-refractivity contribution is 14.1. The highest BCUT2D eigenvalue weighted by Gasteiger charge is 2.08. The summed E-state index contributed by atoms with van der Waals surface area (Å²) in [6.45, 7) is 1.94. The number of rotatable bonds is 0. The molecule has 1 aromatic heterocycles. The summed E-state index contributed by atoms with van der Waals surface area (Å²) in [5.41, 5.74) is 1.69. The summed E-state index contributed by atoms with van der Waals surface area (Å²) in [7, 11) is 0. The lowest BCUT2D eigenvalue weighted by Crippen LogP contribution is -1.77. The van der Waals surface area contributed by atoms with E-state index in [1.807, 2.05) is 13.0 Å². The largest absolute Gasteiger partial charge is 0.460 e. The summed E-state index contributed by atoms with van der Waals surface area (Å²) >= 11 is 2.14. The Bertz CT molecular complexity index is 433. The molecule has 0 radical (unpaired) electrons. The number of hydrogen-bond acceptors (Lipinski definition) is 1. The molecular weight excluding hydrogens is 270 g/mol. The van der Waals surface area contributed by atoms with E-state index in [4.69, 9.17) is 4.42 Å². The lowest BCUT2D eigenvalue weighted by atomic mass is 10.2. The number of furan rings is 1. The van der Waals surface area contributed by atoms with E-state index >= 15 is 0 Å². The van der Waals surface area contributed by atoms with Gasteiger partial charge in [-0.1, -0.05) is 0 Å². The molecule has 0 saturated carbocycles. The molecule has 0 N–H and O–H groups in total. The van der Waals surface area contributed by atoms with Crippen molar-refractivity contribution in [2.75, 3.05) is 0 Å². The van der Waals surface area contributed by atoms with Gasteiger partial charge in [-0.2, -0.15) is 0 Å². The predicted molar refractivity (Wildman–Crippen MR) is 53.6 cm³/mol. The summed E-state index contributed by atoms with van der Waals surface area (Å²) in [5, 5.41) is 0.569. The molecule has 3 heteroatoms. The van der Waals surface area contributed by atoms with Gasteiger partial charge in [0.1, 0.15) is 11.8 Å². The van der Waals surface area contributed by atoms with E-state index in [0.717, 1.165) is 15.4 Å². The van der Waals surface area contributed by atoms with Crippen LogP contribution >= 0.6 is 22.6 Å². The molecule has 1 nitrogen and oxygen atoms in total. The molecule has 0 fully saturated rings. The molecule has 12 heavy (non-hydrogen) atoms. The fraction of sp³-hybridized carbons (Fsp3) is 0.111. The number of halogens is 2.